The van der Waals surface area contributed by atoms with Crippen molar-refractivity contribution in [2.75, 3.05) is 19.0 Å². The Kier molecular flexibility index (Phi) is 6.57. The molecule has 2 amide bonds. The van der Waals surface area contributed by atoms with Crippen LogP contribution in [0.15, 0.2) is 24.3 Å². The highest BCUT2D eigenvalue weighted by atomic mass is 32.1. The van der Waals surface area contributed by atoms with E-state index in [9.17, 15) is 9.59 Å². The number of ether oxygens (including phenoxy) is 2. The summed E-state index contributed by atoms with van der Waals surface area (Å²) in [7, 11) is 1.61. The molecule has 1 aliphatic carbocycles. The number of benzene rings is 1. The third kappa shape index (κ3) is 4.84. The highest BCUT2D eigenvalue weighted by Gasteiger charge is 2.27. The van der Waals surface area contributed by atoms with Gasteiger partial charge >= 0.3 is 0 Å². The van der Waals surface area contributed by atoms with Crippen molar-refractivity contribution < 1.29 is 19.1 Å². The fourth-order valence-corrected chi connectivity index (χ4v) is 4.82. The molecule has 0 unspecified atom stereocenters. The van der Waals surface area contributed by atoms with Crippen LogP contribution in [0.5, 0.6) is 11.5 Å². The van der Waals surface area contributed by atoms with Crippen molar-refractivity contribution in [3.8, 4) is 11.5 Å². The van der Waals surface area contributed by atoms with Crippen molar-refractivity contribution in [2.45, 2.75) is 39.0 Å². The molecule has 1 heterocycles. The first-order valence-corrected chi connectivity index (χ1v) is 10.3. The van der Waals surface area contributed by atoms with E-state index >= 15 is 0 Å². The first-order chi connectivity index (χ1) is 13.5. The van der Waals surface area contributed by atoms with Gasteiger partial charge in [0, 0.05) is 11.3 Å². The zero-order chi connectivity index (χ0) is 20.1. The fourth-order valence-electron chi connectivity index (χ4n) is 3.38. The average Bonchev–Trinajstić information content (AvgIpc) is 3.02. The van der Waals surface area contributed by atoms with Crippen LogP contribution in [0, 0.1) is 5.92 Å². The van der Waals surface area contributed by atoms with Crippen LogP contribution in [0.25, 0.3) is 0 Å². The van der Waals surface area contributed by atoms with Gasteiger partial charge in [-0.15, -0.1) is 11.3 Å². The summed E-state index contributed by atoms with van der Waals surface area (Å²) in [5.74, 6) is 1.49. The predicted octanol–water partition coefficient (Wildman–Crippen LogP) is 3.78. The monoisotopic (exact) mass is 402 g/mol. The van der Waals surface area contributed by atoms with E-state index < -0.39 is 5.91 Å². The zero-order valence-corrected chi connectivity index (χ0v) is 17.1. The van der Waals surface area contributed by atoms with Crippen LogP contribution < -0.4 is 20.5 Å². The Bertz CT molecular complexity index is 845. The van der Waals surface area contributed by atoms with E-state index in [-0.39, 0.29) is 5.91 Å². The van der Waals surface area contributed by atoms with E-state index in [0.717, 1.165) is 36.3 Å². The minimum Gasteiger partial charge on any atom is -0.497 e. The number of rotatable bonds is 8. The van der Waals surface area contributed by atoms with Crippen molar-refractivity contribution >= 4 is 28.2 Å². The minimum atomic E-state index is -0.467. The lowest BCUT2D eigenvalue weighted by atomic mass is 9.88. The molecule has 150 valence electrons. The Morgan fingerprint density at radius 1 is 1.25 bits per heavy atom. The van der Waals surface area contributed by atoms with Gasteiger partial charge in [-0.1, -0.05) is 6.92 Å². The van der Waals surface area contributed by atoms with E-state index in [1.807, 2.05) is 24.3 Å². The van der Waals surface area contributed by atoms with Gasteiger partial charge in [0.25, 0.3) is 5.91 Å². The zero-order valence-electron chi connectivity index (χ0n) is 16.2. The number of amides is 2. The SMILES string of the molecule is COc1ccc(OCCCC(=O)Nc2sc3c(c2C(N)=O)CC[C@H](C)C3)cc1. The van der Waals surface area contributed by atoms with Crippen molar-refractivity contribution in [1.82, 2.24) is 0 Å². The van der Waals surface area contributed by atoms with Crippen LogP contribution in [0.3, 0.4) is 0 Å². The smallest absolute Gasteiger partial charge is 0.251 e. The number of fused-ring (bicyclic) bond motifs is 1. The lowest BCUT2D eigenvalue weighted by molar-refractivity contribution is -0.116. The highest BCUT2D eigenvalue weighted by Crippen LogP contribution is 2.39. The molecule has 28 heavy (non-hydrogen) atoms. The molecular weight excluding hydrogens is 376 g/mol. The molecule has 0 saturated carbocycles. The first-order valence-electron chi connectivity index (χ1n) is 9.49. The van der Waals surface area contributed by atoms with Crippen LogP contribution in [-0.2, 0) is 17.6 Å². The summed E-state index contributed by atoms with van der Waals surface area (Å²) in [4.78, 5) is 25.4. The highest BCUT2D eigenvalue weighted by molar-refractivity contribution is 7.17. The molecule has 1 atom stereocenters. The molecule has 7 heteroatoms. The van der Waals surface area contributed by atoms with Crippen LogP contribution in [0.1, 0.15) is 47.0 Å². The van der Waals surface area contributed by atoms with Gasteiger partial charge in [0.2, 0.25) is 5.91 Å². The number of nitrogens with one attached hydrogen (secondary N) is 1. The van der Waals surface area contributed by atoms with Gasteiger partial charge in [0.1, 0.15) is 16.5 Å². The van der Waals surface area contributed by atoms with Gasteiger partial charge in [-0.2, -0.15) is 0 Å². The van der Waals surface area contributed by atoms with E-state index in [2.05, 4.69) is 12.2 Å². The van der Waals surface area contributed by atoms with Gasteiger partial charge in [-0.3, -0.25) is 9.59 Å². The van der Waals surface area contributed by atoms with E-state index in [1.54, 1.807) is 7.11 Å². The maximum Gasteiger partial charge on any atom is 0.251 e. The number of carbonyl (C=O) groups is 2. The van der Waals surface area contributed by atoms with Gasteiger partial charge in [0.15, 0.2) is 0 Å². The van der Waals surface area contributed by atoms with Gasteiger partial charge in [-0.25, -0.2) is 0 Å². The maximum atomic E-state index is 12.3. The van der Waals surface area contributed by atoms with E-state index in [4.69, 9.17) is 15.2 Å². The molecule has 0 aliphatic heterocycles. The Labute approximate surface area is 169 Å². The molecule has 0 bridgehead atoms. The number of methoxy groups -OCH3 is 1. The standard InChI is InChI=1S/C21H26N2O4S/c1-13-5-10-16-17(12-13)28-21(19(16)20(22)25)23-18(24)4-3-11-27-15-8-6-14(26-2)7-9-15/h6-9,13H,3-5,10-12H2,1-2H3,(H2,22,25)(H,23,24)/t13-/m0/s1. The number of carbonyl (C=O) groups excluding carboxylic acids is 2. The molecule has 1 aliphatic rings. The summed E-state index contributed by atoms with van der Waals surface area (Å²) in [6.07, 6.45) is 3.71. The third-order valence-electron chi connectivity index (χ3n) is 4.89. The topological polar surface area (TPSA) is 90.7 Å². The van der Waals surface area contributed by atoms with Gasteiger partial charge < -0.3 is 20.5 Å². The number of primary amides is 1. The Morgan fingerprint density at radius 3 is 2.64 bits per heavy atom. The van der Waals surface area contributed by atoms with Crippen molar-refractivity contribution in [3.05, 3.63) is 40.3 Å². The maximum absolute atomic E-state index is 12.3. The lowest BCUT2D eigenvalue weighted by Crippen LogP contribution is -2.19. The number of nitrogens with two attached hydrogens (primary N) is 1. The van der Waals surface area contributed by atoms with E-state index in [0.29, 0.717) is 35.9 Å². The number of anilines is 1. The fraction of sp³-hybridized carbons (Fsp3) is 0.429. The van der Waals surface area contributed by atoms with Crippen molar-refractivity contribution in [3.63, 3.8) is 0 Å². The average molecular weight is 403 g/mol. The van der Waals surface area contributed by atoms with Gasteiger partial charge in [-0.05, 0) is 61.4 Å². The molecule has 0 radical (unpaired) electrons. The second kappa shape index (κ2) is 9.10. The number of hydrogen-bond donors (Lipinski definition) is 2. The summed E-state index contributed by atoms with van der Waals surface area (Å²) >= 11 is 1.49. The van der Waals surface area contributed by atoms with Crippen molar-refractivity contribution in [1.29, 1.82) is 0 Å². The molecule has 6 nitrogen and oxygen atoms in total. The predicted molar refractivity (Wildman–Crippen MR) is 110 cm³/mol. The molecule has 0 saturated heterocycles. The first kappa shape index (κ1) is 20.2. The number of thiophene rings is 1. The van der Waals surface area contributed by atoms with Crippen LogP contribution in [-0.4, -0.2) is 25.5 Å². The molecule has 1 aromatic heterocycles. The third-order valence-corrected chi connectivity index (χ3v) is 6.06. The van der Waals surface area contributed by atoms with Gasteiger partial charge in [0.05, 0.1) is 19.3 Å². The summed E-state index contributed by atoms with van der Waals surface area (Å²) in [5.41, 5.74) is 7.10. The minimum absolute atomic E-state index is 0.132. The summed E-state index contributed by atoms with van der Waals surface area (Å²) in [5, 5.41) is 3.47. The largest absolute Gasteiger partial charge is 0.497 e. The Hall–Kier alpha value is -2.54. The summed E-state index contributed by atoms with van der Waals surface area (Å²) < 4.78 is 10.7. The lowest BCUT2D eigenvalue weighted by Gasteiger charge is -2.18. The second-order valence-electron chi connectivity index (χ2n) is 7.10. The van der Waals surface area contributed by atoms with Crippen LogP contribution in [0.4, 0.5) is 5.00 Å². The van der Waals surface area contributed by atoms with Crippen LogP contribution >= 0.6 is 11.3 Å². The Balaban J connectivity index is 1.52. The molecule has 1 aromatic carbocycles. The van der Waals surface area contributed by atoms with Crippen LogP contribution in [0.2, 0.25) is 0 Å². The molecule has 0 fully saturated rings. The normalized spacial score (nSPS) is 15.6. The molecule has 0 spiro atoms. The summed E-state index contributed by atoms with van der Waals surface area (Å²) in [6.45, 7) is 2.63. The molecule has 2 aromatic rings. The number of hydrogen-bond acceptors (Lipinski definition) is 5. The molecule has 3 rings (SSSR count). The molecule has 3 N–H and O–H groups in total. The summed E-state index contributed by atoms with van der Waals surface area (Å²) in [6, 6.07) is 7.31. The second-order valence-corrected chi connectivity index (χ2v) is 8.20. The molecular formula is C21H26N2O4S. The quantitative estimate of drug-likeness (QED) is 0.658. The van der Waals surface area contributed by atoms with E-state index in [1.165, 1.54) is 16.2 Å². The Morgan fingerprint density at radius 2 is 1.96 bits per heavy atom. The van der Waals surface area contributed by atoms with Crippen molar-refractivity contribution in [2.24, 2.45) is 11.7 Å².